The lowest BCUT2D eigenvalue weighted by atomic mass is 10.1. The number of anilines is 1. The number of amides is 1. The predicted octanol–water partition coefficient (Wildman–Crippen LogP) is 3.97. The first-order valence-corrected chi connectivity index (χ1v) is 10.6. The van der Waals surface area contributed by atoms with Crippen LogP contribution in [0.1, 0.15) is 27.3 Å². The van der Waals surface area contributed by atoms with Crippen LogP contribution in [0.3, 0.4) is 0 Å². The normalized spacial score (nSPS) is 16.4. The van der Waals surface area contributed by atoms with Crippen molar-refractivity contribution >= 4 is 45.4 Å². The molecule has 0 bridgehead atoms. The van der Waals surface area contributed by atoms with Crippen LogP contribution in [0, 0.1) is 0 Å². The highest BCUT2D eigenvalue weighted by Gasteiger charge is 2.25. The molecule has 2 aliphatic heterocycles. The van der Waals surface area contributed by atoms with Gasteiger partial charge in [-0.1, -0.05) is 30.3 Å². The van der Waals surface area contributed by atoms with Gasteiger partial charge in [0.25, 0.3) is 5.91 Å². The number of nitrogens with zero attached hydrogens (tertiary/aromatic N) is 2. The molecule has 6 nitrogen and oxygen atoms in total. The van der Waals surface area contributed by atoms with Crippen molar-refractivity contribution in [1.82, 2.24) is 15.3 Å². The summed E-state index contributed by atoms with van der Waals surface area (Å²) >= 11 is 0. The fourth-order valence-electron chi connectivity index (χ4n) is 4.49. The Kier molecular flexibility index (Phi) is 4.25. The summed E-state index contributed by atoms with van der Waals surface area (Å²) in [4.78, 5) is 22.6. The Morgan fingerprint density at radius 1 is 1.03 bits per heavy atom. The number of aromatic nitrogens is 2. The van der Waals surface area contributed by atoms with Crippen LogP contribution in [0.5, 0.6) is 0 Å². The van der Waals surface area contributed by atoms with Crippen molar-refractivity contribution in [3.05, 3.63) is 71.2 Å². The van der Waals surface area contributed by atoms with Gasteiger partial charge in [0.15, 0.2) is 0 Å². The molecule has 0 aliphatic carbocycles. The SMILES string of the molecule is O=C1NCc2nc3c(ccc4c[nH]c(C=Cc5cccc(N6CCOCC6)c5)cc43)c21. The molecular weight excluding hydrogens is 388 g/mol. The molecule has 4 heterocycles. The molecule has 6 heteroatoms. The second kappa shape index (κ2) is 7.25. The minimum absolute atomic E-state index is 0.0281. The van der Waals surface area contributed by atoms with Crippen molar-refractivity contribution in [2.75, 3.05) is 31.2 Å². The number of hydrogen-bond donors (Lipinski definition) is 2. The summed E-state index contributed by atoms with van der Waals surface area (Å²) < 4.78 is 5.46. The number of pyridine rings is 1. The smallest absolute Gasteiger partial charge is 0.254 e. The summed E-state index contributed by atoms with van der Waals surface area (Å²) in [6.45, 7) is 3.92. The van der Waals surface area contributed by atoms with E-state index in [2.05, 4.69) is 57.7 Å². The minimum atomic E-state index is -0.0281. The quantitative estimate of drug-likeness (QED) is 0.536. The lowest BCUT2D eigenvalue weighted by molar-refractivity contribution is 0.0967. The first-order valence-electron chi connectivity index (χ1n) is 10.6. The number of aromatic amines is 1. The molecule has 2 aliphatic rings. The van der Waals surface area contributed by atoms with Crippen LogP contribution in [0.15, 0.2) is 48.7 Å². The summed E-state index contributed by atoms with van der Waals surface area (Å²) in [7, 11) is 0. The van der Waals surface area contributed by atoms with Gasteiger partial charge in [-0.2, -0.15) is 0 Å². The van der Waals surface area contributed by atoms with Gasteiger partial charge in [-0.25, -0.2) is 4.98 Å². The third-order valence-electron chi connectivity index (χ3n) is 6.09. The largest absolute Gasteiger partial charge is 0.378 e. The van der Waals surface area contributed by atoms with Gasteiger partial charge >= 0.3 is 0 Å². The van der Waals surface area contributed by atoms with Crippen LogP contribution in [0.2, 0.25) is 0 Å². The average Bonchev–Trinajstić information content (AvgIpc) is 3.38. The topological polar surface area (TPSA) is 70.2 Å². The van der Waals surface area contributed by atoms with Gasteiger partial charge in [0.2, 0.25) is 0 Å². The number of carbonyl (C=O) groups excluding carboxylic acids is 1. The molecule has 1 saturated heterocycles. The number of ether oxygens (including phenoxy) is 1. The zero-order chi connectivity index (χ0) is 20.8. The highest BCUT2D eigenvalue weighted by atomic mass is 16.5. The van der Waals surface area contributed by atoms with Crippen LogP contribution in [0.4, 0.5) is 5.69 Å². The van der Waals surface area contributed by atoms with Crippen molar-refractivity contribution in [2.24, 2.45) is 0 Å². The third-order valence-corrected chi connectivity index (χ3v) is 6.09. The highest BCUT2D eigenvalue weighted by molar-refractivity contribution is 6.16. The van der Waals surface area contributed by atoms with E-state index < -0.39 is 0 Å². The van der Waals surface area contributed by atoms with E-state index in [1.54, 1.807) is 0 Å². The third kappa shape index (κ3) is 3.16. The zero-order valence-electron chi connectivity index (χ0n) is 17.0. The molecule has 4 aromatic rings. The van der Waals surface area contributed by atoms with E-state index in [1.807, 2.05) is 18.3 Å². The molecule has 2 aromatic heterocycles. The van der Waals surface area contributed by atoms with Crippen LogP contribution in [-0.2, 0) is 11.3 Å². The summed E-state index contributed by atoms with van der Waals surface area (Å²) in [5, 5.41) is 5.92. The van der Waals surface area contributed by atoms with Gasteiger partial charge in [0, 0.05) is 41.4 Å². The van der Waals surface area contributed by atoms with E-state index in [0.717, 1.165) is 70.5 Å². The van der Waals surface area contributed by atoms with Crippen LogP contribution >= 0.6 is 0 Å². The summed E-state index contributed by atoms with van der Waals surface area (Å²) in [6, 6.07) is 14.7. The van der Waals surface area contributed by atoms with E-state index in [9.17, 15) is 4.79 Å². The van der Waals surface area contributed by atoms with Crippen LogP contribution in [0.25, 0.3) is 33.8 Å². The monoisotopic (exact) mass is 410 g/mol. The number of rotatable bonds is 3. The van der Waals surface area contributed by atoms with Gasteiger partial charge in [-0.05, 0) is 35.2 Å². The maximum Gasteiger partial charge on any atom is 0.254 e. The van der Waals surface area contributed by atoms with Crippen LogP contribution in [-0.4, -0.2) is 42.2 Å². The van der Waals surface area contributed by atoms with E-state index >= 15 is 0 Å². The van der Waals surface area contributed by atoms with Crippen LogP contribution < -0.4 is 10.2 Å². The van der Waals surface area contributed by atoms with Crippen molar-refractivity contribution < 1.29 is 9.53 Å². The number of morpholine rings is 1. The first-order chi connectivity index (χ1) is 15.3. The molecule has 1 amide bonds. The number of benzene rings is 2. The number of H-pyrrole nitrogens is 1. The van der Waals surface area contributed by atoms with Gasteiger partial charge in [0.1, 0.15) is 0 Å². The highest BCUT2D eigenvalue weighted by Crippen LogP contribution is 2.32. The Bertz CT molecular complexity index is 1350. The standard InChI is InChI=1S/C25H22N4O2/c30-25-23-20-7-5-17-14-26-18(13-21(17)24(20)28-22(23)15-27-25)6-4-16-2-1-3-19(12-16)29-8-10-31-11-9-29/h1-7,12-14,26H,8-11,15H2,(H,27,30). The van der Waals surface area contributed by atoms with Gasteiger partial charge in [-0.3, -0.25) is 4.79 Å². The maximum absolute atomic E-state index is 12.2. The maximum atomic E-state index is 12.2. The molecule has 31 heavy (non-hydrogen) atoms. The second-order valence-electron chi connectivity index (χ2n) is 8.00. The lowest BCUT2D eigenvalue weighted by Crippen LogP contribution is -2.36. The second-order valence-corrected chi connectivity index (χ2v) is 8.00. The Balaban J connectivity index is 1.35. The fourth-order valence-corrected chi connectivity index (χ4v) is 4.49. The van der Waals surface area contributed by atoms with E-state index in [0.29, 0.717) is 6.54 Å². The molecule has 0 spiro atoms. The van der Waals surface area contributed by atoms with E-state index in [1.165, 1.54) is 5.69 Å². The van der Waals surface area contributed by atoms with Crippen molar-refractivity contribution in [3.8, 4) is 0 Å². The van der Waals surface area contributed by atoms with Gasteiger partial charge in [0.05, 0.1) is 36.5 Å². The molecule has 154 valence electrons. The molecular formula is C25H22N4O2. The van der Waals surface area contributed by atoms with Crippen molar-refractivity contribution in [3.63, 3.8) is 0 Å². The molecule has 1 fully saturated rings. The van der Waals surface area contributed by atoms with Gasteiger partial charge < -0.3 is 19.9 Å². The fraction of sp³-hybridized carbons (Fsp3) is 0.200. The number of carbonyl (C=O) groups is 1. The Morgan fingerprint density at radius 3 is 2.84 bits per heavy atom. The first kappa shape index (κ1) is 18.2. The predicted molar refractivity (Wildman–Crippen MR) is 123 cm³/mol. The number of fused-ring (bicyclic) bond motifs is 5. The molecule has 2 N–H and O–H groups in total. The number of nitrogens with one attached hydrogen (secondary N) is 2. The van der Waals surface area contributed by atoms with Gasteiger partial charge in [-0.15, -0.1) is 0 Å². The van der Waals surface area contributed by atoms with E-state index in [4.69, 9.17) is 9.72 Å². The van der Waals surface area contributed by atoms with Crippen molar-refractivity contribution in [1.29, 1.82) is 0 Å². The molecule has 2 aromatic carbocycles. The molecule has 0 unspecified atom stereocenters. The average molecular weight is 410 g/mol. The lowest BCUT2D eigenvalue weighted by Gasteiger charge is -2.29. The zero-order valence-corrected chi connectivity index (χ0v) is 17.0. The molecule has 0 atom stereocenters. The molecule has 0 saturated carbocycles. The molecule has 0 radical (unpaired) electrons. The summed E-state index contributed by atoms with van der Waals surface area (Å²) in [6.07, 6.45) is 6.20. The number of hydrogen-bond acceptors (Lipinski definition) is 4. The van der Waals surface area contributed by atoms with Crippen molar-refractivity contribution in [2.45, 2.75) is 6.54 Å². The Labute approximate surface area is 179 Å². The Hall–Kier alpha value is -3.64. The summed E-state index contributed by atoms with van der Waals surface area (Å²) in [5.74, 6) is -0.0281. The molecule has 6 rings (SSSR count). The minimum Gasteiger partial charge on any atom is -0.378 e. The Morgan fingerprint density at radius 2 is 1.94 bits per heavy atom. The van der Waals surface area contributed by atoms with E-state index in [-0.39, 0.29) is 5.91 Å². The summed E-state index contributed by atoms with van der Waals surface area (Å²) in [5.41, 5.74) is 5.83.